The van der Waals surface area contributed by atoms with Crippen LogP contribution >= 0.6 is 0 Å². The van der Waals surface area contributed by atoms with Gasteiger partial charge in [0.05, 0.1) is 0 Å². The van der Waals surface area contributed by atoms with Gasteiger partial charge in [0, 0.05) is 28.6 Å². The van der Waals surface area contributed by atoms with E-state index in [1.807, 2.05) is 0 Å². The van der Waals surface area contributed by atoms with Crippen LogP contribution in [0.3, 0.4) is 0 Å². The van der Waals surface area contributed by atoms with Crippen molar-refractivity contribution >= 4 is 11.4 Å². The molecule has 0 amide bonds. The van der Waals surface area contributed by atoms with Gasteiger partial charge in [0.1, 0.15) is 0 Å². The van der Waals surface area contributed by atoms with Crippen molar-refractivity contribution in [1.29, 1.82) is 0 Å². The predicted octanol–water partition coefficient (Wildman–Crippen LogP) is 11.6. The van der Waals surface area contributed by atoms with Crippen molar-refractivity contribution in [3.8, 4) is 0 Å². The minimum Gasteiger partial charge on any atom is -0.399 e. The number of rotatable bonds is 12. The average molecular weight is 601 g/mol. The van der Waals surface area contributed by atoms with Crippen LogP contribution in [0.1, 0.15) is 141 Å². The zero-order valence-corrected chi connectivity index (χ0v) is 28.5. The van der Waals surface area contributed by atoms with Crippen LogP contribution in [0, 0.1) is 19.8 Å². The number of hydrogen-bond donors (Lipinski definition) is 2. The minimum absolute atomic E-state index is 0.0655. The summed E-state index contributed by atoms with van der Waals surface area (Å²) in [7, 11) is 0. The Morgan fingerprint density at radius 2 is 1.02 bits per heavy atom. The van der Waals surface area contributed by atoms with Gasteiger partial charge in [-0.25, -0.2) is 0 Å². The second-order valence-electron chi connectivity index (χ2n) is 14.0. The molecular weight excluding hydrogens is 544 g/mol. The lowest BCUT2D eigenvalue weighted by Crippen LogP contribution is -2.33. The van der Waals surface area contributed by atoms with Crippen molar-refractivity contribution in [2.75, 3.05) is 11.5 Å². The van der Waals surface area contributed by atoms with Gasteiger partial charge in [-0.3, -0.25) is 0 Å². The van der Waals surface area contributed by atoms with Crippen LogP contribution in [0.2, 0.25) is 0 Å². The SMILES string of the molecule is CCCC1CCC(c2ccc(C(CCC)c3ccc(N)cc3C)cc2)(c2ccc(C(CCC)c3ccc(N)cc3C)cc2)CC1. The second-order valence-corrected chi connectivity index (χ2v) is 14.0. The lowest BCUT2D eigenvalue weighted by Gasteiger charge is -2.42. The fraction of sp³-hybridized carbons (Fsp3) is 0.442. The third kappa shape index (κ3) is 7.16. The molecule has 1 aliphatic carbocycles. The smallest absolute Gasteiger partial charge is 0.0316 e. The summed E-state index contributed by atoms with van der Waals surface area (Å²) in [5.74, 6) is 1.64. The molecule has 2 nitrogen and oxygen atoms in total. The van der Waals surface area contributed by atoms with E-state index < -0.39 is 0 Å². The van der Waals surface area contributed by atoms with Gasteiger partial charge in [-0.1, -0.05) is 107 Å². The highest BCUT2D eigenvalue weighted by atomic mass is 14.5. The van der Waals surface area contributed by atoms with Crippen molar-refractivity contribution in [2.24, 2.45) is 5.92 Å². The van der Waals surface area contributed by atoms with Crippen molar-refractivity contribution in [2.45, 2.75) is 116 Å². The average Bonchev–Trinajstić information content (AvgIpc) is 3.04. The Balaban J connectivity index is 1.50. The Labute approximate surface area is 273 Å². The van der Waals surface area contributed by atoms with Crippen molar-refractivity contribution in [3.63, 3.8) is 0 Å². The molecule has 0 spiro atoms. The Bertz CT molecular complexity index is 1420. The zero-order chi connectivity index (χ0) is 32.0. The second kappa shape index (κ2) is 14.7. The molecule has 0 aromatic heterocycles. The van der Waals surface area contributed by atoms with Gasteiger partial charge in [0.25, 0.3) is 0 Å². The molecular formula is C43H56N2. The van der Waals surface area contributed by atoms with Crippen molar-refractivity contribution in [3.05, 3.63) is 129 Å². The Kier molecular flexibility index (Phi) is 10.7. The normalized spacial score (nSPS) is 19.7. The lowest BCUT2D eigenvalue weighted by molar-refractivity contribution is 0.253. The molecule has 1 saturated carbocycles. The molecule has 0 radical (unpaired) electrons. The quantitative estimate of drug-likeness (QED) is 0.159. The summed E-state index contributed by atoms with van der Waals surface area (Å²) >= 11 is 0. The highest BCUT2D eigenvalue weighted by Crippen LogP contribution is 2.48. The summed E-state index contributed by atoms with van der Waals surface area (Å²) < 4.78 is 0. The fourth-order valence-electron chi connectivity index (χ4n) is 8.44. The van der Waals surface area contributed by atoms with Crippen LogP contribution < -0.4 is 11.5 Å². The van der Waals surface area contributed by atoms with Crippen LogP contribution in [0.25, 0.3) is 0 Å². The highest BCUT2D eigenvalue weighted by Gasteiger charge is 2.38. The monoisotopic (exact) mass is 600 g/mol. The van der Waals surface area contributed by atoms with E-state index in [1.54, 1.807) is 0 Å². The van der Waals surface area contributed by atoms with Gasteiger partial charge in [0.2, 0.25) is 0 Å². The minimum atomic E-state index is 0.0655. The van der Waals surface area contributed by atoms with Gasteiger partial charge in [-0.15, -0.1) is 0 Å². The van der Waals surface area contributed by atoms with E-state index in [0.717, 1.165) is 43.0 Å². The lowest BCUT2D eigenvalue weighted by atomic mass is 9.62. The molecule has 4 aromatic rings. The van der Waals surface area contributed by atoms with E-state index >= 15 is 0 Å². The Morgan fingerprint density at radius 1 is 0.600 bits per heavy atom. The van der Waals surface area contributed by atoms with Crippen molar-refractivity contribution in [1.82, 2.24) is 0 Å². The summed E-state index contributed by atoms with van der Waals surface area (Å²) in [5, 5.41) is 0. The van der Waals surface area contributed by atoms with Gasteiger partial charge >= 0.3 is 0 Å². The van der Waals surface area contributed by atoms with Crippen LogP contribution in [0.4, 0.5) is 11.4 Å². The summed E-state index contributed by atoms with van der Waals surface area (Å²) in [6, 6.07) is 32.5. The molecule has 1 aliphatic rings. The first-order chi connectivity index (χ1) is 21.8. The summed E-state index contributed by atoms with van der Waals surface area (Å²) in [4.78, 5) is 0. The highest BCUT2D eigenvalue weighted by molar-refractivity contribution is 5.51. The predicted molar refractivity (Wildman–Crippen MR) is 195 cm³/mol. The zero-order valence-electron chi connectivity index (χ0n) is 28.5. The van der Waals surface area contributed by atoms with E-state index in [2.05, 4.69) is 120 Å². The van der Waals surface area contributed by atoms with Gasteiger partial charge < -0.3 is 11.5 Å². The molecule has 2 heteroatoms. The van der Waals surface area contributed by atoms with Crippen LogP contribution in [-0.2, 0) is 5.41 Å². The topological polar surface area (TPSA) is 52.0 Å². The largest absolute Gasteiger partial charge is 0.399 e. The van der Waals surface area contributed by atoms with E-state index in [1.165, 1.54) is 83.0 Å². The fourth-order valence-corrected chi connectivity index (χ4v) is 8.44. The summed E-state index contributed by atoms with van der Waals surface area (Å²) in [6.45, 7) is 11.3. The number of nitrogens with two attached hydrogens (primary N) is 2. The van der Waals surface area contributed by atoms with E-state index in [-0.39, 0.29) is 5.41 Å². The first kappa shape index (κ1) is 32.9. The molecule has 1 fully saturated rings. The molecule has 5 rings (SSSR count). The molecule has 0 saturated heterocycles. The molecule has 2 unspecified atom stereocenters. The summed E-state index contributed by atoms with van der Waals surface area (Å²) in [6.07, 6.45) is 12.3. The maximum Gasteiger partial charge on any atom is 0.0316 e. The summed E-state index contributed by atoms with van der Waals surface area (Å²) in [5.41, 5.74) is 25.2. The number of anilines is 2. The Hall–Kier alpha value is -3.52. The van der Waals surface area contributed by atoms with E-state index in [0.29, 0.717) is 11.8 Å². The third-order valence-corrected chi connectivity index (χ3v) is 10.9. The number of hydrogen-bond acceptors (Lipinski definition) is 2. The third-order valence-electron chi connectivity index (χ3n) is 10.9. The molecule has 0 aliphatic heterocycles. The standard InChI is InChI=1S/C43H56N2/c1-6-9-32-24-26-43(27-25-32,35-16-12-33(13-17-35)41(10-7-2)39-22-20-37(44)28-30(39)4)36-18-14-34(15-19-36)42(11-8-3)40-23-21-38(45)29-31(40)5/h12-23,28-29,32,41-42H,6-11,24-27,44-45H2,1-5H3. The first-order valence-corrected chi connectivity index (χ1v) is 17.7. The molecule has 2 atom stereocenters. The number of nitrogen functional groups attached to an aromatic ring is 2. The molecule has 4 N–H and O–H groups in total. The molecule has 0 bridgehead atoms. The first-order valence-electron chi connectivity index (χ1n) is 17.7. The van der Waals surface area contributed by atoms with Crippen LogP contribution in [0.5, 0.6) is 0 Å². The van der Waals surface area contributed by atoms with Crippen LogP contribution in [-0.4, -0.2) is 0 Å². The molecule has 238 valence electrons. The number of aryl methyl sites for hydroxylation is 2. The van der Waals surface area contributed by atoms with E-state index in [4.69, 9.17) is 11.5 Å². The maximum absolute atomic E-state index is 6.12. The maximum atomic E-state index is 6.12. The van der Waals surface area contributed by atoms with Crippen LogP contribution in [0.15, 0.2) is 84.9 Å². The molecule has 4 aromatic carbocycles. The van der Waals surface area contributed by atoms with E-state index in [9.17, 15) is 0 Å². The van der Waals surface area contributed by atoms with Gasteiger partial charge in [-0.05, 0) is 127 Å². The van der Waals surface area contributed by atoms with Gasteiger partial charge in [-0.2, -0.15) is 0 Å². The molecule has 0 heterocycles. The Morgan fingerprint density at radius 3 is 1.38 bits per heavy atom. The van der Waals surface area contributed by atoms with Crippen molar-refractivity contribution < 1.29 is 0 Å². The molecule has 45 heavy (non-hydrogen) atoms. The number of benzene rings is 4. The van der Waals surface area contributed by atoms with Gasteiger partial charge in [0.15, 0.2) is 0 Å².